The van der Waals surface area contributed by atoms with Crippen LogP contribution in [-0.4, -0.2) is 29.7 Å². The molecule has 0 saturated carbocycles. The number of hydrogen-bond donors (Lipinski definition) is 2. The third kappa shape index (κ3) is 3.96. The summed E-state index contributed by atoms with van der Waals surface area (Å²) < 4.78 is 42.9. The molecule has 2 aromatic rings. The van der Waals surface area contributed by atoms with Crippen LogP contribution in [0.15, 0.2) is 36.7 Å². The van der Waals surface area contributed by atoms with Gasteiger partial charge in [0.2, 0.25) is 5.82 Å². The van der Waals surface area contributed by atoms with E-state index in [0.717, 1.165) is 36.7 Å². The lowest BCUT2D eigenvalue weighted by atomic mass is 10.1. The molecule has 0 unspecified atom stereocenters. The van der Waals surface area contributed by atoms with Crippen LogP contribution in [0.5, 0.6) is 0 Å². The number of rotatable bonds is 3. The Morgan fingerprint density at radius 1 is 1.09 bits per heavy atom. The molecule has 0 spiro atoms. The van der Waals surface area contributed by atoms with E-state index in [1.165, 1.54) is 0 Å². The van der Waals surface area contributed by atoms with Gasteiger partial charge in [0.15, 0.2) is 0 Å². The van der Waals surface area contributed by atoms with Crippen LogP contribution in [0.1, 0.15) is 17.5 Å². The Morgan fingerprint density at radius 2 is 1.78 bits per heavy atom. The van der Waals surface area contributed by atoms with Crippen LogP contribution in [0.25, 0.3) is 0 Å². The first-order valence-corrected chi connectivity index (χ1v) is 7.11. The van der Waals surface area contributed by atoms with Gasteiger partial charge < -0.3 is 15.4 Å². The summed E-state index contributed by atoms with van der Waals surface area (Å²) in [5.41, 5.74) is 2.17. The number of anilines is 2. The van der Waals surface area contributed by atoms with E-state index in [1.54, 1.807) is 0 Å². The molecule has 2 heterocycles. The molecule has 23 heavy (non-hydrogen) atoms. The van der Waals surface area contributed by atoms with Gasteiger partial charge in [0.05, 0.1) is 30.8 Å². The number of morpholine rings is 1. The first kappa shape index (κ1) is 15.7. The highest BCUT2D eigenvalue weighted by Crippen LogP contribution is 2.27. The Balaban J connectivity index is 1.66. The van der Waals surface area contributed by atoms with E-state index in [1.807, 2.05) is 24.3 Å². The number of halogens is 3. The Hall–Kier alpha value is -2.19. The third-order valence-corrected chi connectivity index (χ3v) is 3.40. The number of hydrogen-bond acceptors (Lipinski definition) is 5. The summed E-state index contributed by atoms with van der Waals surface area (Å²) in [6.07, 6.45) is -2.29. The lowest BCUT2D eigenvalue weighted by Crippen LogP contribution is -2.33. The second-order valence-corrected chi connectivity index (χ2v) is 5.10. The maximum absolute atomic E-state index is 12.4. The zero-order valence-electron chi connectivity index (χ0n) is 12.1. The second kappa shape index (κ2) is 6.51. The molecule has 122 valence electrons. The van der Waals surface area contributed by atoms with Crippen molar-refractivity contribution in [3.63, 3.8) is 0 Å². The Morgan fingerprint density at radius 3 is 2.35 bits per heavy atom. The molecule has 1 aliphatic heterocycles. The lowest BCUT2D eigenvalue weighted by Gasteiger charge is -2.24. The molecule has 3 rings (SSSR count). The van der Waals surface area contributed by atoms with Crippen molar-refractivity contribution in [2.24, 2.45) is 0 Å². The standard InChI is InChI=1S/C15H15F3N4O/c16-15(17,18)14-20-7-12(8-21-14)22-11-3-1-10(2-4-11)13-9-19-5-6-23-13/h1-4,7-8,13,19,22H,5-6,9H2/t13-/m0/s1. The number of benzene rings is 1. The minimum absolute atomic E-state index is 0.0206. The molecule has 1 atom stereocenters. The predicted molar refractivity (Wildman–Crippen MR) is 78.3 cm³/mol. The van der Waals surface area contributed by atoms with Crippen molar-refractivity contribution in [1.29, 1.82) is 0 Å². The highest BCUT2D eigenvalue weighted by molar-refractivity contribution is 5.58. The molecule has 8 heteroatoms. The minimum atomic E-state index is -4.53. The van der Waals surface area contributed by atoms with E-state index in [4.69, 9.17) is 4.74 Å². The third-order valence-electron chi connectivity index (χ3n) is 3.40. The summed E-state index contributed by atoms with van der Waals surface area (Å²) in [6.45, 7) is 2.29. The van der Waals surface area contributed by atoms with Gasteiger partial charge in [-0.25, -0.2) is 9.97 Å². The van der Waals surface area contributed by atoms with Crippen LogP contribution in [0.4, 0.5) is 24.5 Å². The van der Waals surface area contributed by atoms with Crippen LogP contribution in [0, 0.1) is 0 Å². The van der Waals surface area contributed by atoms with Gasteiger partial charge in [0.1, 0.15) is 0 Å². The summed E-state index contributed by atoms with van der Waals surface area (Å²) in [6, 6.07) is 7.52. The average molecular weight is 324 g/mol. The molecule has 0 radical (unpaired) electrons. The molecule has 1 saturated heterocycles. The zero-order chi connectivity index (χ0) is 16.3. The molecule has 0 aliphatic carbocycles. The fraction of sp³-hybridized carbons (Fsp3) is 0.333. The maximum atomic E-state index is 12.4. The van der Waals surface area contributed by atoms with Gasteiger partial charge >= 0.3 is 6.18 Å². The van der Waals surface area contributed by atoms with Crippen molar-refractivity contribution in [1.82, 2.24) is 15.3 Å². The lowest BCUT2D eigenvalue weighted by molar-refractivity contribution is -0.144. The van der Waals surface area contributed by atoms with E-state index < -0.39 is 12.0 Å². The van der Waals surface area contributed by atoms with Gasteiger partial charge in [-0.15, -0.1) is 0 Å². The number of nitrogens with zero attached hydrogens (tertiary/aromatic N) is 2. The zero-order valence-corrected chi connectivity index (χ0v) is 12.1. The van der Waals surface area contributed by atoms with Crippen molar-refractivity contribution in [2.75, 3.05) is 25.0 Å². The van der Waals surface area contributed by atoms with Crippen LogP contribution in [-0.2, 0) is 10.9 Å². The summed E-state index contributed by atoms with van der Waals surface area (Å²) in [5.74, 6) is -1.15. The number of aromatic nitrogens is 2. The summed E-state index contributed by atoms with van der Waals surface area (Å²) in [4.78, 5) is 6.62. The van der Waals surface area contributed by atoms with Crippen molar-refractivity contribution in [2.45, 2.75) is 12.3 Å². The quantitative estimate of drug-likeness (QED) is 0.909. The van der Waals surface area contributed by atoms with Gasteiger partial charge in [0, 0.05) is 18.8 Å². The van der Waals surface area contributed by atoms with Gasteiger partial charge in [-0.3, -0.25) is 0 Å². The van der Waals surface area contributed by atoms with E-state index in [2.05, 4.69) is 20.6 Å². The van der Waals surface area contributed by atoms with Gasteiger partial charge in [0.25, 0.3) is 0 Å². The monoisotopic (exact) mass is 324 g/mol. The van der Waals surface area contributed by atoms with Gasteiger partial charge in [-0.2, -0.15) is 13.2 Å². The SMILES string of the molecule is FC(F)(F)c1ncc(Nc2ccc([C@@H]3CNCCO3)cc2)cn1. The van der Waals surface area contributed by atoms with Crippen molar-refractivity contribution >= 4 is 11.4 Å². The van der Waals surface area contributed by atoms with Crippen molar-refractivity contribution in [3.05, 3.63) is 48.0 Å². The van der Waals surface area contributed by atoms with Crippen LogP contribution < -0.4 is 10.6 Å². The highest BCUT2D eigenvalue weighted by Gasteiger charge is 2.34. The van der Waals surface area contributed by atoms with Crippen molar-refractivity contribution in [3.8, 4) is 0 Å². The smallest absolute Gasteiger partial charge is 0.371 e. The van der Waals surface area contributed by atoms with Crippen LogP contribution in [0.3, 0.4) is 0 Å². The molecule has 5 nitrogen and oxygen atoms in total. The molecule has 1 aromatic carbocycles. The largest absolute Gasteiger partial charge is 0.451 e. The second-order valence-electron chi connectivity index (χ2n) is 5.10. The van der Waals surface area contributed by atoms with Gasteiger partial charge in [-0.1, -0.05) is 12.1 Å². The summed E-state index contributed by atoms with van der Waals surface area (Å²) in [5, 5.41) is 6.22. The summed E-state index contributed by atoms with van der Waals surface area (Å²) >= 11 is 0. The fourth-order valence-electron chi connectivity index (χ4n) is 2.27. The Kier molecular flexibility index (Phi) is 4.44. The first-order valence-electron chi connectivity index (χ1n) is 7.11. The molecule has 1 fully saturated rings. The molecular weight excluding hydrogens is 309 g/mol. The average Bonchev–Trinajstić information content (AvgIpc) is 2.56. The molecule has 2 N–H and O–H groups in total. The van der Waals surface area contributed by atoms with Crippen molar-refractivity contribution < 1.29 is 17.9 Å². The van der Waals surface area contributed by atoms with E-state index in [-0.39, 0.29) is 6.10 Å². The number of nitrogens with one attached hydrogen (secondary N) is 2. The van der Waals surface area contributed by atoms with Crippen LogP contribution in [0.2, 0.25) is 0 Å². The Bertz CT molecular complexity index is 637. The molecule has 0 amide bonds. The molecule has 1 aromatic heterocycles. The van der Waals surface area contributed by atoms with E-state index in [9.17, 15) is 13.2 Å². The number of ether oxygens (including phenoxy) is 1. The summed E-state index contributed by atoms with van der Waals surface area (Å²) in [7, 11) is 0. The molecular formula is C15H15F3N4O. The minimum Gasteiger partial charge on any atom is -0.371 e. The van der Waals surface area contributed by atoms with E-state index in [0.29, 0.717) is 12.3 Å². The fourth-order valence-corrected chi connectivity index (χ4v) is 2.27. The number of alkyl halides is 3. The van der Waals surface area contributed by atoms with Crippen LogP contribution >= 0.6 is 0 Å². The topological polar surface area (TPSA) is 59.1 Å². The highest BCUT2D eigenvalue weighted by atomic mass is 19.4. The predicted octanol–water partition coefficient (Wildman–Crippen LogP) is 2.90. The molecule has 0 bridgehead atoms. The Labute approximate surface area is 130 Å². The van der Waals surface area contributed by atoms with Gasteiger partial charge in [-0.05, 0) is 17.7 Å². The van der Waals surface area contributed by atoms with E-state index >= 15 is 0 Å². The molecule has 1 aliphatic rings. The maximum Gasteiger partial charge on any atom is 0.451 e. The normalized spacial score (nSPS) is 18.7. The first-order chi connectivity index (χ1) is 11.0.